The van der Waals surface area contributed by atoms with Crippen molar-refractivity contribution in [1.82, 2.24) is 10.4 Å². The number of nitrogens with one attached hydrogen (secondary N) is 1. The fraction of sp³-hybridized carbons (Fsp3) is 0.417. The maximum atomic E-state index is 15.3. The lowest BCUT2D eigenvalue weighted by molar-refractivity contribution is -0.132. The van der Waals surface area contributed by atoms with Crippen LogP contribution < -0.4 is 15.1 Å². The van der Waals surface area contributed by atoms with Crippen LogP contribution in [0.5, 0.6) is 0 Å². The Morgan fingerprint density at radius 1 is 1.17 bits per heavy atom. The fourth-order valence-electron chi connectivity index (χ4n) is 4.38. The summed E-state index contributed by atoms with van der Waals surface area (Å²) in [6.45, 7) is 2.22. The van der Waals surface area contributed by atoms with Crippen LogP contribution in [-0.4, -0.2) is 80.3 Å². The standard InChI is InChI=1S/C24H25F3N4O4S/c25-19-12-17(30-14-18(35-24(30)15-33-24)13-28-22(32)21(26)27)6-7-20(19)29-8-9-31(34-11-10-29)23(36)16-4-2-1-3-5-16/h1-7,12,18,21H,8-11,13-15H2,(H,28,32). The molecule has 3 aliphatic heterocycles. The van der Waals surface area contributed by atoms with Crippen LogP contribution in [0.25, 0.3) is 0 Å². The van der Waals surface area contributed by atoms with E-state index in [0.717, 1.165) is 5.56 Å². The van der Waals surface area contributed by atoms with Crippen molar-refractivity contribution >= 4 is 34.5 Å². The molecule has 8 nitrogen and oxygen atoms in total. The molecule has 3 heterocycles. The predicted molar refractivity (Wildman–Crippen MR) is 129 cm³/mol. The zero-order valence-electron chi connectivity index (χ0n) is 19.2. The lowest BCUT2D eigenvalue weighted by atomic mass is 10.2. The van der Waals surface area contributed by atoms with Crippen LogP contribution in [0.4, 0.5) is 24.5 Å². The second kappa shape index (κ2) is 10.2. The Bertz CT molecular complexity index is 1120. The quantitative estimate of drug-likeness (QED) is 0.459. The monoisotopic (exact) mass is 522 g/mol. The number of alkyl halides is 2. The van der Waals surface area contributed by atoms with E-state index in [1.165, 1.54) is 6.07 Å². The Morgan fingerprint density at radius 3 is 2.64 bits per heavy atom. The van der Waals surface area contributed by atoms with Gasteiger partial charge in [-0.15, -0.1) is 0 Å². The summed E-state index contributed by atoms with van der Waals surface area (Å²) in [4.78, 5) is 21.2. The second-order valence-electron chi connectivity index (χ2n) is 8.63. The summed E-state index contributed by atoms with van der Waals surface area (Å²) in [5.41, 5.74) is 1.85. The normalized spacial score (nSPS) is 23.8. The largest absolute Gasteiger partial charge is 0.365 e. The van der Waals surface area contributed by atoms with Gasteiger partial charge in [-0.1, -0.05) is 42.5 Å². The third kappa shape index (κ3) is 5.12. The maximum Gasteiger partial charge on any atom is 0.315 e. The van der Waals surface area contributed by atoms with Gasteiger partial charge in [0.2, 0.25) is 0 Å². The average Bonchev–Trinajstić information content (AvgIpc) is 3.61. The average molecular weight is 523 g/mol. The number of epoxide rings is 1. The fourth-order valence-corrected chi connectivity index (χ4v) is 4.66. The molecule has 12 heteroatoms. The Morgan fingerprint density at radius 2 is 1.94 bits per heavy atom. The van der Waals surface area contributed by atoms with Crippen molar-refractivity contribution in [3.8, 4) is 0 Å². The number of ether oxygens (including phenoxy) is 2. The first-order valence-electron chi connectivity index (χ1n) is 11.6. The minimum Gasteiger partial charge on any atom is -0.365 e. The Labute approximate surface area is 211 Å². The van der Waals surface area contributed by atoms with Gasteiger partial charge in [-0.3, -0.25) is 9.63 Å². The molecule has 2 aromatic carbocycles. The molecule has 2 aromatic rings. The molecule has 3 aliphatic rings. The van der Waals surface area contributed by atoms with Gasteiger partial charge in [0.15, 0.2) is 0 Å². The Kier molecular flexibility index (Phi) is 7.02. The van der Waals surface area contributed by atoms with Gasteiger partial charge in [-0.05, 0) is 18.2 Å². The molecule has 0 bridgehead atoms. The number of hydrogen-bond acceptors (Lipinski definition) is 7. The van der Waals surface area contributed by atoms with E-state index in [0.29, 0.717) is 42.6 Å². The molecule has 192 valence electrons. The molecule has 2 unspecified atom stereocenters. The van der Waals surface area contributed by atoms with Gasteiger partial charge < -0.3 is 24.6 Å². The van der Waals surface area contributed by atoms with Gasteiger partial charge >= 0.3 is 6.43 Å². The highest BCUT2D eigenvalue weighted by Crippen LogP contribution is 2.43. The topological polar surface area (TPSA) is 69.8 Å². The van der Waals surface area contributed by atoms with Crippen LogP contribution in [0.1, 0.15) is 5.56 Å². The Balaban J connectivity index is 1.23. The molecular formula is C24H25F3N4O4S. The lowest BCUT2D eigenvalue weighted by Gasteiger charge is -2.26. The molecule has 0 aliphatic carbocycles. The van der Waals surface area contributed by atoms with E-state index in [-0.39, 0.29) is 19.7 Å². The van der Waals surface area contributed by atoms with Gasteiger partial charge in [-0.25, -0.2) is 9.45 Å². The molecule has 1 N–H and O–H groups in total. The van der Waals surface area contributed by atoms with Gasteiger partial charge in [0.1, 0.15) is 17.4 Å². The highest BCUT2D eigenvalue weighted by molar-refractivity contribution is 7.80. The van der Waals surface area contributed by atoms with Crippen molar-refractivity contribution in [2.75, 3.05) is 55.7 Å². The highest BCUT2D eigenvalue weighted by Gasteiger charge is 2.59. The first kappa shape index (κ1) is 24.8. The Hall–Kier alpha value is -2.93. The van der Waals surface area contributed by atoms with Crippen molar-refractivity contribution in [2.24, 2.45) is 0 Å². The van der Waals surface area contributed by atoms with E-state index in [4.69, 9.17) is 26.5 Å². The molecule has 0 aromatic heterocycles. The van der Waals surface area contributed by atoms with Gasteiger partial charge in [-0.2, -0.15) is 8.78 Å². The third-order valence-electron chi connectivity index (χ3n) is 6.25. The number of carbonyl (C=O) groups excluding carboxylic acids is 1. The van der Waals surface area contributed by atoms with Gasteiger partial charge in [0.25, 0.3) is 11.8 Å². The number of hydrogen-bond donors (Lipinski definition) is 1. The van der Waals surface area contributed by atoms with E-state index in [9.17, 15) is 13.6 Å². The van der Waals surface area contributed by atoms with E-state index < -0.39 is 30.2 Å². The SMILES string of the molecule is O=C(NCC1CN(c2ccc(N3CCON(C(=S)c4ccccc4)CC3)c(F)c2)C2(CO2)O1)C(F)F. The summed E-state index contributed by atoms with van der Waals surface area (Å²) >= 11 is 5.56. The smallest absolute Gasteiger partial charge is 0.315 e. The van der Waals surface area contributed by atoms with E-state index in [1.54, 1.807) is 22.1 Å². The molecule has 3 fully saturated rings. The summed E-state index contributed by atoms with van der Waals surface area (Å²) in [5.74, 6) is -2.84. The van der Waals surface area contributed by atoms with Crippen molar-refractivity contribution in [3.63, 3.8) is 0 Å². The zero-order chi connectivity index (χ0) is 25.3. The summed E-state index contributed by atoms with van der Waals surface area (Å²) in [7, 11) is 0. The highest BCUT2D eigenvalue weighted by atomic mass is 32.1. The van der Waals surface area contributed by atoms with Crippen LogP contribution in [0.2, 0.25) is 0 Å². The molecule has 1 spiro atoms. The molecule has 3 saturated heterocycles. The second-order valence-corrected chi connectivity index (χ2v) is 9.01. The van der Waals surface area contributed by atoms with E-state index in [1.807, 2.05) is 35.2 Å². The van der Waals surface area contributed by atoms with Crippen molar-refractivity contribution < 1.29 is 32.3 Å². The van der Waals surface area contributed by atoms with Crippen molar-refractivity contribution in [3.05, 3.63) is 59.9 Å². The number of nitrogens with zero attached hydrogens (tertiary/aromatic N) is 3. The van der Waals surface area contributed by atoms with Crippen molar-refractivity contribution in [1.29, 1.82) is 0 Å². The molecule has 36 heavy (non-hydrogen) atoms. The minimum atomic E-state index is -3.10. The summed E-state index contributed by atoms with van der Waals surface area (Å²) in [6, 6.07) is 14.4. The van der Waals surface area contributed by atoms with Gasteiger partial charge in [0.05, 0.1) is 31.5 Å². The van der Waals surface area contributed by atoms with Crippen LogP contribution >= 0.6 is 12.2 Å². The molecular weight excluding hydrogens is 497 g/mol. The van der Waals surface area contributed by atoms with Crippen LogP contribution in [-0.2, 0) is 19.1 Å². The van der Waals surface area contributed by atoms with Crippen molar-refractivity contribution in [2.45, 2.75) is 18.4 Å². The lowest BCUT2D eigenvalue weighted by Crippen LogP contribution is -2.37. The van der Waals surface area contributed by atoms with Crippen LogP contribution in [0.15, 0.2) is 48.5 Å². The predicted octanol–water partition coefficient (Wildman–Crippen LogP) is 2.53. The molecule has 1 amide bonds. The summed E-state index contributed by atoms with van der Waals surface area (Å²) in [6.07, 6.45) is -3.67. The van der Waals surface area contributed by atoms with E-state index in [2.05, 4.69) is 5.32 Å². The number of benzene rings is 2. The van der Waals surface area contributed by atoms with E-state index >= 15 is 4.39 Å². The van der Waals surface area contributed by atoms with Crippen LogP contribution in [0, 0.1) is 5.82 Å². The molecule has 2 atom stereocenters. The number of carbonyl (C=O) groups is 1. The number of thiocarbonyl (C=S) groups is 1. The number of rotatable bonds is 6. The number of hydroxylamine groups is 2. The third-order valence-corrected chi connectivity index (χ3v) is 6.69. The number of anilines is 2. The zero-order valence-corrected chi connectivity index (χ0v) is 20.1. The first-order valence-corrected chi connectivity index (χ1v) is 12.0. The summed E-state index contributed by atoms with van der Waals surface area (Å²) in [5, 5.41) is 3.82. The molecule has 0 saturated carbocycles. The first-order chi connectivity index (χ1) is 17.4. The number of amides is 1. The maximum absolute atomic E-state index is 15.3. The molecule has 5 rings (SSSR count). The molecule has 0 radical (unpaired) electrons. The van der Waals surface area contributed by atoms with Crippen LogP contribution in [0.3, 0.4) is 0 Å². The summed E-state index contributed by atoms with van der Waals surface area (Å²) < 4.78 is 51.5. The number of halogens is 3. The van der Waals surface area contributed by atoms with Gasteiger partial charge in [0, 0.05) is 30.9 Å². The minimum absolute atomic E-state index is 0.0968.